The third-order valence-corrected chi connectivity index (χ3v) is 4.80. The summed E-state index contributed by atoms with van der Waals surface area (Å²) in [5.74, 6) is 1.15. The molecule has 2 N–H and O–H groups in total. The van der Waals surface area contributed by atoms with Crippen molar-refractivity contribution in [3.63, 3.8) is 0 Å². The highest BCUT2D eigenvalue weighted by Gasteiger charge is 2.27. The maximum atomic E-state index is 12.1. The van der Waals surface area contributed by atoms with E-state index in [-0.39, 0.29) is 17.9 Å². The van der Waals surface area contributed by atoms with Gasteiger partial charge in [-0.05, 0) is 31.9 Å². The van der Waals surface area contributed by atoms with E-state index in [4.69, 9.17) is 4.99 Å². The van der Waals surface area contributed by atoms with E-state index in [1.165, 1.54) is 5.69 Å². The van der Waals surface area contributed by atoms with Crippen molar-refractivity contribution in [2.75, 3.05) is 44.7 Å². The van der Waals surface area contributed by atoms with Gasteiger partial charge in [-0.3, -0.25) is 9.79 Å². The first-order chi connectivity index (χ1) is 13.0. The van der Waals surface area contributed by atoms with Gasteiger partial charge in [0.1, 0.15) is 0 Å². The minimum Gasteiger partial charge on any atom is -0.375 e. The highest BCUT2D eigenvalue weighted by molar-refractivity contribution is 5.81. The van der Waals surface area contributed by atoms with Crippen LogP contribution in [0.1, 0.15) is 33.6 Å². The van der Waals surface area contributed by atoms with Gasteiger partial charge < -0.3 is 20.4 Å². The fourth-order valence-corrected chi connectivity index (χ4v) is 3.27. The molecule has 6 heteroatoms. The molecule has 150 valence electrons. The summed E-state index contributed by atoms with van der Waals surface area (Å²) in [6, 6.07) is 10.7. The van der Waals surface area contributed by atoms with Crippen molar-refractivity contribution in [3.05, 3.63) is 30.3 Å². The van der Waals surface area contributed by atoms with E-state index in [1.54, 1.807) is 0 Å². The van der Waals surface area contributed by atoms with Crippen molar-refractivity contribution in [2.24, 2.45) is 10.9 Å². The van der Waals surface area contributed by atoms with Crippen LogP contribution in [-0.4, -0.2) is 62.6 Å². The Labute approximate surface area is 164 Å². The topological polar surface area (TPSA) is 60.0 Å². The number of anilines is 1. The number of rotatable bonds is 8. The molecular weight excluding hydrogens is 338 g/mol. The molecule has 2 rings (SSSR count). The zero-order valence-electron chi connectivity index (χ0n) is 17.2. The third-order valence-electron chi connectivity index (χ3n) is 4.80. The van der Waals surface area contributed by atoms with Crippen molar-refractivity contribution in [2.45, 2.75) is 39.7 Å². The number of likely N-dealkylation sites (tertiary alicyclic amines) is 1. The van der Waals surface area contributed by atoms with Crippen LogP contribution in [0.4, 0.5) is 5.69 Å². The van der Waals surface area contributed by atoms with Crippen molar-refractivity contribution in [3.8, 4) is 0 Å². The zero-order chi connectivity index (χ0) is 19.6. The Hall–Kier alpha value is -2.24. The Bertz CT molecular complexity index is 602. The van der Waals surface area contributed by atoms with Crippen molar-refractivity contribution >= 4 is 17.6 Å². The van der Waals surface area contributed by atoms with Gasteiger partial charge in [-0.15, -0.1) is 0 Å². The van der Waals surface area contributed by atoms with Gasteiger partial charge in [0.2, 0.25) is 5.91 Å². The van der Waals surface area contributed by atoms with Crippen LogP contribution in [0, 0.1) is 5.92 Å². The van der Waals surface area contributed by atoms with Crippen LogP contribution in [0.15, 0.2) is 35.3 Å². The molecule has 0 spiro atoms. The number of benzene rings is 1. The van der Waals surface area contributed by atoms with E-state index < -0.39 is 0 Å². The lowest BCUT2D eigenvalue weighted by Crippen LogP contribution is -2.45. The Balaban J connectivity index is 1.78. The van der Waals surface area contributed by atoms with Gasteiger partial charge in [0.15, 0.2) is 5.96 Å². The Morgan fingerprint density at radius 3 is 2.74 bits per heavy atom. The van der Waals surface area contributed by atoms with E-state index in [2.05, 4.69) is 53.8 Å². The summed E-state index contributed by atoms with van der Waals surface area (Å²) in [5, 5.41) is 6.81. The molecule has 27 heavy (non-hydrogen) atoms. The second-order valence-electron chi connectivity index (χ2n) is 7.44. The molecule has 1 atom stereocenters. The summed E-state index contributed by atoms with van der Waals surface area (Å²) < 4.78 is 0. The minimum atomic E-state index is 0.0623. The summed E-state index contributed by atoms with van der Waals surface area (Å²) in [7, 11) is 2.11. The molecule has 1 heterocycles. The van der Waals surface area contributed by atoms with Crippen LogP contribution in [0.3, 0.4) is 0 Å². The average Bonchev–Trinajstić information content (AvgIpc) is 3.13. The van der Waals surface area contributed by atoms with Gasteiger partial charge in [-0.2, -0.15) is 0 Å². The number of carbonyl (C=O) groups excluding carboxylic acids is 1. The maximum absolute atomic E-state index is 12.1. The predicted octanol–water partition coefficient (Wildman–Crippen LogP) is 2.32. The lowest BCUT2D eigenvalue weighted by Gasteiger charge is -2.21. The second kappa shape index (κ2) is 10.8. The fraction of sp³-hybridized carbons (Fsp3) is 0.619. The molecule has 1 aromatic carbocycles. The third kappa shape index (κ3) is 6.77. The second-order valence-corrected chi connectivity index (χ2v) is 7.44. The molecule has 0 saturated carbocycles. The van der Waals surface area contributed by atoms with Gasteiger partial charge in [0, 0.05) is 57.4 Å². The van der Waals surface area contributed by atoms with E-state index in [9.17, 15) is 4.79 Å². The average molecular weight is 374 g/mol. The van der Waals surface area contributed by atoms with Crippen molar-refractivity contribution < 1.29 is 4.79 Å². The summed E-state index contributed by atoms with van der Waals surface area (Å²) >= 11 is 0. The SMILES string of the molecule is CCNC(=NCCCN(C)c1ccccc1)NC1CCN(C(=O)C(C)C)C1. The molecule has 1 unspecified atom stereocenters. The van der Waals surface area contributed by atoms with Crippen LogP contribution >= 0.6 is 0 Å². The van der Waals surface area contributed by atoms with Crippen LogP contribution < -0.4 is 15.5 Å². The van der Waals surface area contributed by atoms with Crippen LogP contribution in [-0.2, 0) is 4.79 Å². The van der Waals surface area contributed by atoms with Gasteiger partial charge in [-0.25, -0.2) is 0 Å². The molecule has 1 aromatic rings. The van der Waals surface area contributed by atoms with Gasteiger partial charge in [0.05, 0.1) is 0 Å². The van der Waals surface area contributed by atoms with Crippen LogP contribution in [0.5, 0.6) is 0 Å². The number of nitrogens with one attached hydrogen (secondary N) is 2. The summed E-state index contributed by atoms with van der Waals surface area (Å²) in [6.07, 6.45) is 1.96. The summed E-state index contributed by atoms with van der Waals surface area (Å²) in [4.78, 5) is 21.1. The number of aliphatic imine (C=N–C) groups is 1. The molecule has 1 amide bonds. The van der Waals surface area contributed by atoms with Gasteiger partial charge in [0.25, 0.3) is 0 Å². The normalized spacial score (nSPS) is 17.3. The van der Waals surface area contributed by atoms with E-state index >= 15 is 0 Å². The molecule has 0 aliphatic carbocycles. The number of carbonyl (C=O) groups is 1. The molecule has 1 aliphatic heterocycles. The number of hydrogen-bond acceptors (Lipinski definition) is 3. The molecule has 0 aromatic heterocycles. The molecule has 0 bridgehead atoms. The molecule has 0 radical (unpaired) electrons. The van der Waals surface area contributed by atoms with Crippen LogP contribution in [0.25, 0.3) is 0 Å². The minimum absolute atomic E-state index is 0.0623. The molecule has 1 aliphatic rings. The predicted molar refractivity (Wildman–Crippen MR) is 113 cm³/mol. The van der Waals surface area contributed by atoms with Gasteiger partial charge >= 0.3 is 0 Å². The molecule has 6 nitrogen and oxygen atoms in total. The van der Waals surface area contributed by atoms with E-state index in [1.807, 2.05) is 24.8 Å². The summed E-state index contributed by atoms with van der Waals surface area (Å²) in [5.41, 5.74) is 1.23. The quantitative estimate of drug-likeness (QED) is 0.417. The molecular formula is C21H35N5O. The Morgan fingerprint density at radius 2 is 2.07 bits per heavy atom. The maximum Gasteiger partial charge on any atom is 0.225 e. The number of amides is 1. The summed E-state index contributed by atoms with van der Waals surface area (Å²) in [6.45, 7) is 10.2. The Kier molecular flexibility index (Phi) is 8.43. The monoisotopic (exact) mass is 373 g/mol. The lowest BCUT2D eigenvalue weighted by atomic mass is 10.2. The molecule has 1 saturated heterocycles. The number of hydrogen-bond donors (Lipinski definition) is 2. The highest BCUT2D eigenvalue weighted by atomic mass is 16.2. The highest BCUT2D eigenvalue weighted by Crippen LogP contribution is 2.13. The van der Waals surface area contributed by atoms with Crippen molar-refractivity contribution in [1.29, 1.82) is 0 Å². The smallest absolute Gasteiger partial charge is 0.225 e. The fourth-order valence-electron chi connectivity index (χ4n) is 3.27. The number of para-hydroxylation sites is 1. The number of nitrogens with zero attached hydrogens (tertiary/aromatic N) is 3. The standard InChI is InChI=1S/C21H35N5O/c1-5-22-21(24-18-12-15-26(16-18)20(27)17(2)3)23-13-9-14-25(4)19-10-7-6-8-11-19/h6-8,10-11,17-18H,5,9,12-16H2,1-4H3,(H2,22,23,24). The zero-order valence-corrected chi connectivity index (χ0v) is 17.2. The van der Waals surface area contributed by atoms with Gasteiger partial charge in [-0.1, -0.05) is 32.0 Å². The van der Waals surface area contributed by atoms with E-state index in [0.29, 0.717) is 0 Å². The van der Waals surface area contributed by atoms with E-state index in [0.717, 1.165) is 51.5 Å². The first-order valence-corrected chi connectivity index (χ1v) is 10.1. The van der Waals surface area contributed by atoms with Crippen LogP contribution in [0.2, 0.25) is 0 Å². The number of guanidine groups is 1. The first kappa shape index (κ1) is 21.1. The largest absolute Gasteiger partial charge is 0.375 e. The first-order valence-electron chi connectivity index (χ1n) is 10.1. The lowest BCUT2D eigenvalue weighted by molar-refractivity contribution is -0.133. The van der Waals surface area contributed by atoms with Crippen molar-refractivity contribution in [1.82, 2.24) is 15.5 Å². The Morgan fingerprint density at radius 1 is 1.33 bits per heavy atom. The molecule has 1 fully saturated rings.